The molecular weight excluding hydrogens is 314 g/mol. The summed E-state index contributed by atoms with van der Waals surface area (Å²) in [5, 5.41) is 3.37. The third-order valence-corrected chi connectivity index (χ3v) is 3.91. The first kappa shape index (κ1) is 15.1. The van der Waals surface area contributed by atoms with Crippen LogP contribution in [0.25, 0.3) is 0 Å². The quantitative estimate of drug-likeness (QED) is 0.871. The second-order valence-corrected chi connectivity index (χ2v) is 5.61. The van der Waals surface area contributed by atoms with Gasteiger partial charge in [0.2, 0.25) is 0 Å². The van der Waals surface area contributed by atoms with Crippen molar-refractivity contribution in [2.45, 2.75) is 19.9 Å². The Bertz CT molecular complexity index is 566. The van der Waals surface area contributed by atoms with Gasteiger partial charge in [-0.15, -0.1) is 0 Å². The Hall–Kier alpha value is -1.32. The van der Waals surface area contributed by atoms with Crippen LogP contribution in [0, 0.1) is 6.92 Å². The third kappa shape index (κ3) is 3.41. The average Bonchev–Trinajstić information content (AvgIpc) is 2.45. The number of hydrogen-bond acceptors (Lipinski definition) is 2. The van der Waals surface area contributed by atoms with Gasteiger partial charge in [0.15, 0.2) is 0 Å². The maximum atomic E-state index is 5.56. The Labute approximate surface area is 129 Å². The molecule has 0 heterocycles. The summed E-state index contributed by atoms with van der Waals surface area (Å²) in [4.78, 5) is 0. The number of hydrogen-bond donors (Lipinski definition) is 1. The maximum absolute atomic E-state index is 5.56. The number of nitrogens with one attached hydrogen (secondary N) is 1. The van der Waals surface area contributed by atoms with E-state index in [1.165, 1.54) is 16.7 Å². The van der Waals surface area contributed by atoms with Gasteiger partial charge in [0.25, 0.3) is 0 Å². The van der Waals surface area contributed by atoms with Crippen molar-refractivity contribution in [2.75, 3.05) is 13.7 Å². The van der Waals surface area contributed by atoms with Gasteiger partial charge in [-0.25, -0.2) is 0 Å². The van der Waals surface area contributed by atoms with Gasteiger partial charge in [0.05, 0.1) is 17.1 Å². The van der Waals surface area contributed by atoms with Crippen LogP contribution in [0.2, 0.25) is 0 Å². The standard InChI is InChI=1S/C17H20BrNO/c1-4-20-16-10-9-14(11-15(16)18)17(19-3)13-7-5-12(2)6-8-13/h5-11,17,19H,4H2,1-3H3. The summed E-state index contributed by atoms with van der Waals surface area (Å²) in [6.07, 6.45) is 0. The van der Waals surface area contributed by atoms with E-state index < -0.39 is 0 Å². The Morgan fingerprint density at radius 1 is 1.10 bits per heavy atom. The fraction of sp³-hybridized carbons (Fsp3) is 0.294. The lowest BCUT2D eigenvalue weighted by Crippen LogP contribution is -2.17. The molecule has 1 atom stereocenters. The predicted octanol–water partition coefficient (Wildman–Crippen LogP) is 4.47. The number of halogens is 1. The van der Waals surface area contributed by atoms with E-state index in [0.717, 1.165) is 10.2 Å². The van der Waals surface area contributed by atoms with E-state index in [0.29, 0.717) is 6.61 Å². The highest BCUT2D eigenvalue weighted by atomic mass is 79.9. The predicted molar refractivity (Wildman–Crippen MR) is 87.4 cm³/mol. The van der Waals surface area contributed by atoms with Gasteiger partial charge >= 0.3 is 0 Å². The zero-order valence-electron chi connectivity index (χ0n) is 12.1. The van der Waals surface area contributed by atoms with Crippen LogP contribution in [0.4, 0.5) is 0 Å². The molecule has 1 unspecified atom stereocenters. The molecule has 106 valence electrons. The second kappa shape index (κ2) is 6.91. The highest BCUT2D eigenvalue weighted by molar-refractivity contribution is 9.10. The molecule has 0 saturated heterocycles. The first-order valence-corrected chi connectivity index (χ1v) is 7.61. The Morgan fingerprint density at radius 2 is 1.75 bits per heavy atom. The van der Waals surface area contributed by atoms with E-state index >= 15 is 0 Å². The number of rotatable bonds is 5. The van der Waals surface area contributed by atoms with Gasteiger partial charge < -0.3 is 10.1 Å². The lowest BCUT2D eigenvalue weighted by atomic mass is 9.98. The monoisotopic (exact) mass is 333 g/mol. The molecule has 0 aliphatic rings. The number of benzene rings is 2. The zero-order chi connectivity index (χ0) is 14.5. The van der Waals surface area contributed by atoms with E-state index in [9.17, 15) is 0 Å². The number of aryl methyl sites for hydroxylation is 1. The van der Waals surface area contributed by atoms with Gasteiger partial charge in [-0.2, -0.15) is 0 Å². The summed E-state index contributed by atoms with van der Waals surface area (Å²) in [6, 6.07) is 15.0. The molecule has 2 aromatic rings. The average molecular weight is 334 g/mol. The van der Waals surface area contributed by atoms with E-state index in [-0.39, 0.29) is 6.04 Å². The fourth-order valence-electron chi connectivity index (χ4n) is 2.25. The molecule has 0 saturated carbocycles. The molecule has 0 radical (unpaired) electrons. The van der Waals surface area contributed by atoms with Gasteiger partial charge in [-0.1, -0.05) is 35.9 Å². The lowest BCUT2D eigenvalue weighted by molar-refractivity contribution is 0.338. The molecule has 2 nitrogen and oxygen atoms in total. The van der Waals surface area contributed by atoms with Crippen LogP contribution in [-0.2, 0) is 0 Å². The molecule has 20 heavy (non-hydrogen) atoms. The van der Waals surface area contributed by atoms with Crippen molar-refractivity contribution in [1.29, 1.82) is 0 Å². The normalized spacial score (nSPS) is 12.2. The Morgan fingerprint density at radius 3 is 2.30 bits per heavy atom. The van der Waals surface area contributed by atoms with Crippen LogP contribution in [-0.4, -0.2) is 13.7 Å². The molecule has 0 spiro atoms. The number of ether oxygens (including phenoxy) is 1. The highest BCUT2D eigenvalue weighted by Crippen LogP contribution is 2.30. The van der Waals surface area contributed by atoms with Gasteiger partial charge in [-0.05, 0) is 60.1 Å². The third-order valence-electron chi connectivity index (χ3n) is 3.29. The van der Waals surface area contributed by atoms with E-state index in [4.69, 9.17) is 4.74 Å². The molecule has 0 bridgehead atoms. The van der Waals surface area contributed by atoms with Crippen molar-refractivity contribution in [1.82, 2.24) is 5.32 Å². The van der Waals surface area contributed by atoms with E-state index in [1.807, 2.05) is 20.0 Å². The summed E-state index contributed by atoms with van der Waals surface area (Å²) in [7, 11) is 1.98. The van der Waals surface area contributed by atoms with Crippen LogP contribution in [0.3, 0.4) is 0 Å². The minimum absolute atomic E-state index is 0.183. The molecule has 1 N–H and O–H groups in total. The summed E-state index contributed by atoms with van der Waals surface area (Å²) < 4.78 is 6.55. The van der Waals surface area contributed by atoms with Crippen LogP contribution >= 0.6 is 15.9 Å². The van der Waals surface area contributed by atoms with Crippen LogP contribution in [0.1, 0.15) is 29.7 Å². The molecule has 3 heteroatoms. The molecule has 0 aromatic heterocycles. The molecule has 0 aliphatic heterocycles. The Kier molecular flexibility index (Phi) is 5.21. The maximum Gasteiger partial charge on any atom is 0.133 e. The molecule has 0 fully saturated rings. The van der Waals surface area contributed by atoms with Gasteiger partial charge in [0.1, 0.15) is 5.75 Å². The topological polar surface area (TPSA) is 21.3 Å². The van der Waals surface area contributed by atoms with E-state index in [1.54, 1.807) is 0 Å². The van der Waals surface area contributed by atoms with Crippen molar-refractivity contribution in [3.05, 3.63) is 63.6 Å². The van der Waals surface area contributed by atoms with Gasteiger partial charge in [0, 0.05) is 0 Å². The summed E-state index contributed by atoms with van der Waals surface area (Å²) in [5.74, 6) is 0.884. The lowest BCUT2D eigenvalue weighted by Gasteiger charge is -2.18. The molecule has 2 aromatic carbocycles. The van der Waals surface area contributed by atoms with Crippen LogP contribution in [0.5, 0.6) is 5.75 Å². The van der Waals surface area contributed by atoms with Crippen molar-refractivity contribution in [2.24, 2.45) is 0 Å². The zero-order valence-corrected chi connectivity index (χ0v) is 13.7. The van der Waals surface area contributed by atoms with E-state index in [2.05, 4.69) is 64.6 Å². The molecule has 2 rings (SSSR count). The summed E-state index contributed by atoms with van der Waals surface area (Å²) in [6.45, 7) is 4.76. The Balaban J connectivity index is 2.32. The molecular formula is C17H20BrNO. The smallest absolute Gasteiger partial charge is 0.133 e. The van der Waals surface area contributed by atoms with Crippen molar-refractivity contribution in [3.63, 3.8) is 0 Å². The first-order chi connectivity index (χ1) is 9.65. The fourth-order valence-corrected chi connectivity index (χ4v) is 2.76. The molecule has 0 aliphatic carbocycles. The summed E-state index contributed by atoms with van der Waals surface area (Å²) in [5.41, 5.74) is 3.75. The summed E-state index contributed by atoms with van der Waals surface area (Å²) >= 11 is 3.58. The SMILES string of the molecule is CCOc1ccc(C(NC)c2ccc(C)cc2)cc1Br. The minimum Gasteiger partial charge on any atom is -0.493 e. The van der Waals surface area contributed by atoms with Crippen LogP contribution < -0.4 is 10.1 Å². The minimum atomic E-state index is 0.183. The molecule has 0 amide bonds. The van der Waals surface area contributed by atoms with Gasteiger partial charge in [-0.3, -0.25) is 0 Å². The van der Waals surface area contributed by atoms with Crippen molar-refractivity contribution in [3.8, 4) is 5.75 Å². The first-order valence-electron chi connectivity index (χ1n) is 6.81. The van der Waals surface area contributed by atoms with Crippen molar-refractivity contribution < 1.29 is 4.74 Å². The van der Waals surface area contributed by atoms with Crippen molar-refractivity contribution >= 4 is 15.9 Å². The second-order valence-electron chi connectivity index (χ2n) is 4.76. The largest absolute Gasteiger partial charge is 0.493 e. The van der Waals surface area contributed by atoms with Crippen LogP contribution in [0.15, 0.2) is 46.9 Å². The highest BCUT2D eigenvalue weighted by Gasteiger charge is 2.13.